The molecule has 0 unspecified atom stereocenters. The average molecular weight is 292 g/mol. The molecule has 1 aliphatic rings. The Morgan fingerprint density at radius 2 is 1.81 bits per heavy atom. The first-order valence-electron chi connectivity index (χ1n) is 6.59. The average Bonchev–Trinajstić information content (AvgIpc) is 2.45. The van der Waals surface area contributed by atoms with Crippen molar-refractivity contribution >= 4 is 23.7 Å². The fourth-order valence-corrected chi connectivity index (χ4v) is 2.20. The van der Waals surface area contributed by atoms with E-state index in [1.165, 1.54) is 0 Å². The standard InChI is InChI=1S/C14H16N2O5/c17-12(18)11(13(19)20)8-9-2-4-10(5-3-9)16-7-1-6-15-14(16)21/h2-5,11H,1,6-8H2,(H,15,21)(H,17,18)(H,19,20). The number of urea groups is 1. The van der Waals surface area contributed by atoms with Crippen LogP contribution in [-0.4, -0.2) is 41.3 Å². The van der Waals surface area contributed by atoms with Gasteiger partial charge in [-0.1, -0.05) is 12.1 Å². The van der Waals surface area contributed by atoms with Crippen LogP contribution in [-0.2, 0) is 16.0 Å². The number of carbonyl (C=O) groups excluding carboxylic acids is 1. The first-order chi connectivity index (χ1) is 9.99. The minimum atomic E-state index is -1.46. The molecule has 21 heavy (non-hydrogen) atoms. The van der Waals surface area contributed by atoms with E-state index < -0.39 is 17.9 Å². The molecule has 1 aromatic rings. The molecule has 1 heterocycles. The number of carboxylic acids is 2. The van der Waals surface area contributed by atoms with E-state index in [-0.39, 0.29) is 12.5 Å². The van der Waals surface area contributed by atoms with Crippen LogP contribution in [0.2, 0.25) is 0 Å². The number of benzene rings is 1. The minimum absolute atomic E-state index is 0.0862. The lowest BCUT2D eigenvalue weighted by molar-refractivity contribution is -0.154. The molecule has 112 valence electrons. The Kier molecular flexibility index (Phi) is 4.42. The van der Waals surface area contributed by atoms with E-state index in [4.69, 9.17) is 10.2 Å². The maximum atomic E-state index is 11.7. The van der Waals surface area contributed by atoms with Crippen molar-refractivity contribution in [3.63, 3.8) is 0 Å². The number of rotatable bonds is 5. The van der Waals surface area contributed by atoms with Crippen molar-refractivity contribution in [2.24, 2.45) is 5.92 Å². The Morgan fingerprint density at radius 1 is 1.19 bits per heavy atom. The van der Waals surface area contributed by atoms with Crippen LogP contribution in [0.3, 0.4) is 0 Å². The summed E-state index contributed by atoms with van der Waals surface area (Å²) in [7, 11) is 0. The van der Waals surface area contributed by atoms with Gasteiger partial charge in [0.1, 0.15) is 0 Å². The van der Waals surface area contributed by atoms with Crippen LogP contribution < -0.4 is 10.2 Å². The predicted octanol–water partition coefficient (Wildman–Crippen LogP) is 0.934. The summed E-state index contributed by atoms with van der Waals surface area (Å²) in [6.07, 6.45) is 0.769. The molecule has 1 aliphatic heterocycles. The largest absolute Gasteiger partial charge is 0.481 e. The second-order valence-corrected chi connectivity index (χ2v) is 4.84. The number of hydrogen-bond donors (Lipinski definition) is 3. The van der Waals surface area contributed by atoms with E-state index in [9.17, 15) is 14.4 Å². The lowest BCUT2D eigenvalue weighted by Crippen LogP contribution is -2.46. The molecule has 7 nitrogen and oxygen atoms in total. The highest BCUT2D eigenvalue weighted by Gasteiger charge is 2.26. The topological polar surface area (TPSA) is 107 Å². The van der Waals surface area contributed by atoms with Gasteiger partial charge in [-0.3, -0.25) is 14.5 Å². The van der Waals surface area contributed by atoms with Gasteiger partial charge in [0, 0.05) is 18.8 Å². The molecule has 7 heteroatoms. The Balaban J connectivity index is 2.09. The number of amides is 2. The zero-order valence-corrected chi connectivity index (χ0v) is 11.3. The number of nitrogens with zero attached hydrogens (tertiary/aromatic N) is 1. The molecule has 2 amide bonds. The van der Waals surface area contributed by atoms with Crippen molar-refractivity contribution in [2.75, 3.05) is 18.0 Å². The summed E-state index contributed by atoms with van der Waals surface area (Å²) >= 11 is 0. The zero-order valence-electron chi connectivity index (χ0n) is 11.3. The van der Waals surface area contributed by atoms with Crippen LogP contribution in [0.25, 0.3) is 0 Å². The van der Waals surface area contributed by atoms with Gasteiger partial charge in [0.25, 0.3) is 0 Å². The Hall–Kier alpha value is -2.57. The summed E-state index contributed by atoms with van der Waals surface area (Å²) in [5, 5.41) is 20.5. The van der Waals surface area contributed by atoms with Crippen molar-refractivity contribution in [1.82, 2.24) is 5.32 Å². The lowest BCUT2D eigenvalue weighted by atomic mass is 9.99. The first-order valence-corrected chi connectivity index (χ1v) is 6.59. The van der Waals surface area contributed by atoms with Crippen molar-refractivity contribution in [3.8, 4) is 0 Å². The Morgan fingerprint density at radius 3 is 2.33 bits per heavy atom. The van der Waals surface area contributed by atoms with Crippen LogP contribution in [0.4, 0.5) is 10.5 Å². The normalized spacial score (nSPS) is 14.9. The molecule has 1 fully saturated rings. The van der Waals surface area contributed by atoms with Crippen LogP contribution in [0.5, 0.6) is 0 Å². The van der Waals surface area contributed by atoms with E-state index in [0.717, 1.165) is 6.42 Å². The fraction of sp³-hybridized carbons (Fsp3) is 0.357. The smallest absolute Gasteiger partial charge is 0.321 e. The van der Waals surface area contributed by atoms with E-state index in [0.29, 0.717) is 24.3 Å². The van der Waals surface area contributed by atoms with Gasteiger partial charge in [-0.05, 0) is 30.5 Å². The van der Waals surface area contributed by atoms with Crippen molar-refractivity contribution < 1.29 is 24.6 Å². The third-order valence-corrected chi connectivity index (χ3v) is 3.36. The summed E-state index contributed by atoms with van der Waals surface area (Å²) < 4.78 is 0. The van der Waals surface area contributed by atoms with Gasteiger partial charge in [-0.15, -0.1) is 0 Å². The summed E-state index contributed by atoms with van der Waals surface area (Å²) in [5.41, 5.74) is 1.31. The second-order valence-electron chi connectivity index (χ2n) is 4.84. The molecule has 0 aliphatic carbocycles. The third kappa shape index (κ3) is 3.50. The SMILES string of the molecule is O=C(O)C(Cc1ccc(N2CCCNC2=O)cc1)C(=O)O. The maximum absolute atomic E-state index is 11.7. The van der Waals surface area contributed by atoms with Crippen molar-refractivity contribution in [2.45, 2.75) is 12.8 Å². The molecule has 1 aromatic carbocycles. The van der Waals surface area contributed by atoms with Gasteiger partial charge in [0.2, 0.25) is 0 Å². The number of carboxylic acid groups (broad SMARTS) is 2. The summed E-state index contributed by atoms with van der Waals surface area (Å²) in [6, 6.07) is 6.52. The molecule has 0 atom stereocenters. The molecule has 0 bridgehead atoms. The summed E-state index contributed by atoms with van der Waals surface area (Å²) in [6.45, 7) is 1.28. The van der Waals surface area contributed by atoms with E-state index >= 15 is 0 Å². The van der Waals surface area contributed by atoms with Gasteiger partial charge in [0.15, 0.2) is 5.92 Å². The highest BCUT2D eigenvalue weighted by atomic mass is 16.4. The molecule has 0 saturated carbocycles. The number of aliphatic carboxylic acids is 2. The molecular weight excluding hydrogens is 276 g/mol. The quantitative estimate of drug-likeness (QED) is 0.700. The van der Waals surface area contributed by atoms with Gasteiger partial charge in [-0.25, -0.2) is 4.79 Å². The highest BCUT2D eigenvalue weighted by molar-refractivity contribution is 5.93. The number of anilines is 1. The number of carbonyl (C=O) groups is 3. The minimum Gasteiger partial charge on any atom is -0.481 e. The maximum Gasteiger partial charge on any atom is 0.321 e. The van der Waals surface area contributed by atoms with Crippen molar-refractivity contribution in [1.29, 1.82) is 0 Å². The lowest BCUT2D eigenvalue weighted by Gasteiger charge is -2.27. The second kappa shape index (κ2) is 6.25. The van der Waals surface area contributed by atoms with Gasteiger partial charge < -0.3 is 15.5 Å². The molecule has 0 spiro atoms. The zero-order chi connectivity index (χ0) is 15.4. The first kappa shape index (κ1) is 14.8. The number of nitrogens with one attached hydrogen (secondary N) is 1. The van der Waals surface area contributed by atoms with Crippen molar-refractivity contribution in [3.05, 3.63) is 29.8 Å². The Labute approximate surface area is 121 Å². The third-order valence-electron chi connectivity index (χ3n) is 3.36. The van der Waals surface area contributed by atoms with Gasteiger partial charge in [0.05, 0.1) is 0 Å². The van der Waals surface area contributed by atoms with E-state index in [1.807, 2.05) is 0 Å². The van der Waals surface area contributed by atoms with Crippen LogP contribution >= 0.6 is 0 Å². The molecule has 2 rings (SSSR count). The highest BCUT2D eigenvalue weighted by Crippen LogP contribution is 2.19. The monoisotopic (exact) mass is 292 g/mol. The molecule has 3 N–H and O–H groups in total. The van der Waals surface area contributed by atoms with Crippen LogP contribution in [0.15, 0.2) is 24.3 Å². The molecular formula is C14H16N2O5. The van der Waals surface area contributed by atoms with E-state index in [1.54, 1.807) is 29.2 Å². The van der Waals surface area contributed by atoms with E-state index in [2.05, 4.69) is 5.32 Å². The summed E-state index contributed by atoms with van der Waals surface area (Å²) in [5.74, 6) is -4.18. The fourth-order valence-electron chi connectivity index (χ4n) is 2.20. The van der Waals surface area contributed by atoms with Crippen LogP contribution in [0, 0.1) is 5.92 Å². The molecule has 1 saturated heterocycles. The van der Waals surface area contributed by atoms with Gasteiger partial charge >= 0.3 is 18.0 Å². The van der Waals surface area contributed by atoms with Gasteiger partial charge in [-0.2, -0.15) is 0 Å². The molecule has 0 aromatic heterocycles. The summed E-state index contributed by atoms with van der Waals surface area (Å²) in [4.78, 5) is 35.0. The Bertz CT molecular complexity index is 541. The molecule has 0 radical (unpaired) electrons. The predicted molar refractivity (Wildman–Crippen MR) is 74.3 cm³/mol. The van der Waals surface area contributed by atoms with Crippen LogP contribution in [0.1, 0.15) is 12.0 Å². The number of hydrogen-bond acceptors (Lipinski definition) is 3.